The first-order valence-corrected chi connectivity index (χ1v) is 9.40. The molecule has 2 atom stereocenters. The summed E-state index contributed by atoms with van der Waals surface area (Å²) in [6, 6.07) is 9.00. The van der Waals surface area contributed by atoms with E-state index in [1.54, 1.807) is 0 Å². The molecule has 0 radical (unpaired) electrons. The number of amides is 2. The van der Waals surface area contributed by atoms with E-state index in [-0.39, 0.29) is 30.3 Å². The Labute approximate surface area is 156 Å². The van der Waals surface area contributed by atoms with E-state index in [0.29, 0.717) is 19.0 Å². The predicted octanol–water partition coefficient (Wildman–Crippen LogP) is 2.96. The zero-order valence-electron chi connectivity index (χ0n) is 14.8. The highest BCUT2D eigenvalue weighted by Gasteiger charge is 2.20. The number of hydrogen-bond acceptors (Lipinski definition) is 5. The van der Waals surface area contributed by atoms with Crippen LogP contribution < -0.4 is 20.1 Å². The van der Waals surface area contributed by atoms with Gasteiger partial charge in [-0.2, -0.15) is 0 Å². The van der Waals surface area contributed by atoms with E-state index in [9.17, 15) is 9.59 Å². The first-order chi connectivity index (χ1) is 12.5. The number of rotatable bonds is 6. The summed E-state index contributed by atoms with van der Waals surface area (Å²) >= 11 is 1.52. The van der Waals surface area contributed by atoms with Gasteiger partial charge >= 0.3 is 0 Å². The van der Waals surface area contributed by atoms with Crippen LogP contribution in [0.15, 0.2) is 35.7 Å². The Bertz CT molecular complexity index is 776. The van der Waals surface area contributed by atoms with Crippen molar-refractivity contribution in [2.45, 2.75) is 32.4 Å². The molecule has 7 heteroatoms. The Morgan fingerprint density at radius 3 is 2.62 bits per heavy atom. The second-order valence-corrected chi connectivity index (χ2v) is 7.14. The molecule has 0 saturated carbocycles. The van der Waals surface area contributed by atoms with Crippen LogP contribution >= 0.6 is 11.3 Å². The normalized spacial score (nSPS) is 15.0. The summed E-state index contributed by atoms with van der Waals surface area (Å²) in [7, 11) is 0. The molecule has 6 nitrogen and oxygen atoms in total. The van der Waals surface area contributed by atoms with Gasteiger partial charge in [0.15, 0.2) is 11.5 Å². The van der Waals surface area contributed by atoms with Crippen LogP contribution in [0.3, 0.4) is 0 Å². The molecule has 2 aromatic rings. The maximum atomic E-state index is 12.5. The minimum Gasteiger partial charge on any atom is -0.486 e. The molecule has 2 N–H and O–H groups in total. The molecule has 0 bridgehead atoms. The highest BCUT2D eigenvalue weighted by molar-refractivity contribution is 7.10. The molecule has 1 aromatic carbocycles. The second kappa shape index (κ2) is 8.23. The van der Waals surface area contributed by atoms with Crippen molar-refractivity contribution < 1.29 is 19.1 Å². The molecule has 0 aliphatic carbocycles. The number of ether oxygens (including phenoxy) is 2. The molecule has 26 heavy (non-hydrogen) atoms. The largest absolute Gasteiger partial charge is 0.486 e. The fourth-order valence-electron chi connectivity index (χ4n) is 2.86. The van der Waals surface area contributed by atoms with Crippen molar-refractivity contribution in [3.8, 4) is 11.5 Å². The molecule has 0 saturated heterocycles. The smallest absolute Gasteiger partial charge is 0.222 e. The number of thiophene rings is 1. The van der Waals surface area contributed by atoms with Crippen LogP contribution in [0.4, 0.5) is 0 Å². The summed E-state index contributed by atoms with van der Waals surface area (Å²) in [5.41, 5.74) is 0.940. The van der Waals surface area contributed by atoms with E-state index < -0.39 is 0 Å². The van der Waals surface area contributed by atoms with Gasteiger partial charge in [-0.15, -0.1) is 11.3 Å². The quantitative estimate of drug-likeness (QED) is 0.815. The third-order valence-corrected chi connectivity index (χ3v) is 5.08. The molecule has 2 amide bonds. The third kappa shape index (κ3) is 4.54. The second-order valence-electron chi connectivity index (χ2n) is 6.16. The van der Waals surface area contributed by atoms with E-state index in [1.165, 1.54) is 18.3 Å². The monoisotopic (exact) mass is 374 g/mol. The molecule has 1 aliphatic heterocycles. The maximum Gasteiger partial charge on any atom is 0.222 e. The standard InChI is InChI=1S/C19H22N2O4S/c1-12(14-5-6-16-17(10-14)25-8-7-24-16)20-19(23)11-15(21-13(2)22)18-4-3-9-26-18/h3-6,9-10,12,15H,7-8,11H2,1-2H3,(H,20,23)(H,21,22)/t12-,15+/m0/s1. The lowest BCUT2D eigenvalue weighted by Gasteiger charge is -2.22. The Morgan fingerprint density at radius 2 is 1.92 bits per heavy atom. The van der Waals surface area contributed by atoms with Crippen molar-refractivity contribution in [2.24, 2.45) is 0 Å². The lowest BCUT2D eigenvalue weighted by atomic mass is 10.1. The average Bonchev–Trinajstić information content (AvgIpc) is 3.15. The molecule has 0 unspecified atom stereocenters. The lowest BCUT2D eigenvalue weighted by Crippen LogP contribution is -2.33. The van der Waals surface area contributed by atoms with Crippen LogP contribution in [0.25, 0.3) is 0 Å². The Balaban J connectivity index is 1.63. The fraction of sp³-hybridized carbons (Fsp3) is 0.368. The van der Waals surface area contributed by atoms with Gasteiger partial charge < -0.3 is 20.1 Å². The highest BCUT2D eigenvalue weighted by atomic mass is 32.1. The molecule has 0 fully saturated rings. The third-order valence-electron chi connectivity index (χ3n) is 4.10. The van der Waals surface area contributed by atoms with Gasteiger partial charge in [0.2, 0.25) is 11.8 Å². The van der Waals surface area contributed by atoms with Crippen molar-refractivity contribution in [1.29, 1.82) is 0 Å². The number of nitrogens with one attached hydrogen (secondary N) is 2. The van der Waals surface area contributed by atoms with Gasteiger partial charge in [0.25, 0.3) is 0 Å². The van der Waals surface area contributed by atoms with Crippen LogP contribution in [0.2, 0.25) is 0 Å². The molecule has 1 aromatic heterocycles. The number of benzene rings is 1. The summed E-state index contributed by atoms with van der Waals surface area (Å²) < 4.78 is 11.1. The Morgan fingerprint density at radius 1 is 1.15 bits per heavy atom. The summed E-state index contributed by atoms with van der Waals surface area (Å²) in [4.78, 5) is 24.9. The van der Waals surface area contributed by atoms with Gasteiger partial charge in [0.1, 0.15) is 13.2 Å². The van der Waals surface area contributed by atoms with Crippen molar-refractivity contribution in [3.05, 3.63) is 46.2 Å². The van der Waals surface area contributed by atoms with Crippen LogP contribution in [-0.4, -0.2) is 25.0 Å². The lowest BCUT2D eigenvalue weighted by molar-refractivity contribution is -0.123. The highest BCUT2D eigenvalue weighted by Crippen LogP contribution is 2.32. The Hall–Kier alpha value is -2.54. The molecule has 2 heterocycles. The van der Waals surface area contributed by atoms with Gasteiger partial charge in [0, 0.05) is 11.8 Å². The van der Waals surface area contributed by atoms with Crippen LogP contribution in [-0.2, 0) is 9.59 Å². The molecule has 1 aliphatic rings. The first-order valence-electron chi connectivity index (χ1n) is 8.52. The van der Waals surface area contributed by atoms with Gasteiger partial charge in [-0.25, -0.2) is 0 Å². The topological polar surface area (TPSA) is 76.7 Å². The summed E-state index contributed by atoms with van der Waals surface area (Å²) in [5.74, 6) is 1.14. The number of carbonyl (C=O) groups is 2. The van der Waals surface area contributed by atoms with E-state index in [2.05, 4.69) is 10.6 Å². The van der Waals surface area contributed by atoms with Gasteiger partial charge in [-0.3, -0.25) is 9.59 Å². The number of fused-ring (bicyclic) bond motifs is 1. The minimum atomic E-state index is -0.319. The van der Waals surface area contributed by atoms with E-state index in [4.69, 9.17) is 9.47 Å². The molecule has 138 valence electrons. The average molecular weight is 374 g/mol. The predicted molar refractivity (Wildman–Crippen MR) is 99.5 cm³/mol. The Kier molecular flexibility index (Phi) is 5.78. The minimum absolute atomic E-state index is 0.125. The summed E-state index contributed by atoms with van der Waals surface area (Å²) in [5, 5.41) is 7.76. The number of carbonyl (C=O) groups excluding carboxylic acids is 2. The summed E-state index contributed by atoms with van der Waals surface area (Å²) in [6.45, 7) is 4.44. The fourth-order valence-corrected chi connectivity index (χ4v) is 3.63. The number of hydrogen-bond donors (Lipinski definition) is 2. The molecular weight excluding hydrogens is 352 g/mol. The zero-order chi connectivity index (χ0) is 18.5. The van der Waals surface area contributed by atoms with E-state index >= 15 is 0 Å². The molecule has 3 rings (SSSR count). The van der Waals surface area contributed by atoms with Gasteiger partial charge in [0.05, 0.1) is 18.5 Å². The molecular formula is C19H22N2O4S. The van der Waals surface area contributed by atoms with Crippen LogP contribution in [0, 0.1) is 0 Å². The SMILES string of the molecule is CC(=O)N[C@H](CC(=O)N[C@@H](C)c1ccc2c(c1)OCCO2)c1cccs1. The van der Waals surface area contributed by atoms with Crippen molar-refractivity contribution in [3.63, 3.8) is 0 Å². The van der Waals surface area contributed by atoms with E-state index in [1.807, 2.05) is 42.6 Å². The van der Waals surface area contributed by atoms with Crippen LogP contribution in [0.5, 0.6) is 11.5 Å². The zero-order valence-corrected chi connectivity index (χ0v) is 15.6. The summed E-state index contributed by atoms with van der Waals surface area (Å²) in [6.07, 6.45) is 0.189. The van der Waals surface area contributed by atoms with Gasteiger partial charge in [-0.05, 0) is 36.1 Å². The van der Waals surface area contributed by atoms with Gasteiger partial charge in [-0.1, -0.05) is 12.1 Å². The van der Waals surface area contributed by atoms with Crippen molar-refractivity contribution >= 4 is 23.2 Å². The maximum absolute atomic E-state index is 12.5. The van der Waals surface area contributed by atoms with E-state index in [0.717, 1.165) is 16.2 Å². The van der Waals surface area contributed by atoms with Crippen LogP contribution in [0.1, 0.15) is 42.8 Å². The van der Waals surface area contributed by atoms with Crippen molar-refractivity contribution in [2.75, 3.05) is 13.2 Å². The molecule has 0 spiro atoms. The first kappa shape index (κ1) is 18.3. The van der Waals surface area contributed by atoms with Crippen molar-refractivity contribution in [1.82, 2.24) is 10.6 Å².